The van der Waals surface area contributed by atoms with Gasteiger partial charge in [0.25, 0.3) is 11.8 Å². The Hall–Kier alpha value is -2.82. The highest BCUT2D eigenvalue weighted by atomic mass is 35.5. The van der Waals surface area contributed by atoms with Crippen molar-refractivity contribution in [2.24, 2.45) is 0 Å². The number of carbonyl (C=O) groups excluding carboxylic acids is 2. The van der Waals surface area contributed by atoms with Gasteiger partial charge < -0.3 is 10.2 Å². The lowest BCUT2D eigenvalue weighted by Crippen LogP contribution is -2.29. The van der Waals surface area contributed by atoms with Crippen LogP contribution in [0.2, 0.25) is 10.0 Å². The molecular weight excluding hydrogens is 431 g/mol. The molecule has 1 atom stereocenters. The Bertz CT molecular complexity index is 1160. The van der Waals surface area contributed by atoms with E-state index < -0.39 is 0 Å². The van der Waals surface area contributed by atoms with Gasteiger partial charge in [-0.2, -0.15) is 0 Å². The first kappa shape index (κ1) is 21.4. The van der Waals surface area contributed by atoms with E-state index in [1.807, 2.05) is 32.0 Å². The van der Waals surface area contributed by atoms with E-state index in [0.29, 0.717) is 27.7 Å². The number of halogens is 2. The molecule has 2 amide bonds. The van der Waals surface area contributed by atoms with Gasteiger partial charge in [0.05, 0.1) is 6.04 Å². The number of aryl methyl sites for hydroxylation is 1. The number of amides is 2. The van der Waals surface area contributed by atoms with Crippen LogP contribution in [-0.2, 0) is 6.42 Å². The van der Waals surface area contributed by atoms with Crippen molar-refractivity contribution in [2.75, 3.05) is 11.4 Å². The molecule has 0 bridgehead atoms. The molecule has 4 nitrogen and oxygen atoms in total. The zero-order chi connectivity index (χ0) is 22.1. The molecule has 0 aromatic heterocycles. The van der Waals surface area contributed by atoms with Crippen LogP contribution < -0.4 is 10.2 Å². The molecule has 0 saturated heterocycles. The molecule has 3 aromatic carbocycles. The van der Waals surface area contributed by atoms with Crippen LogP contribution in [0.1, 0.15) is 50.4 Å². The molecule has 158 valence electrons. The van der Waals surface area contributed by atoms with Gasteiger partial charge in [-0.15, -0.1) is 0 Å². The maximum absolute atomic E-state index is 13.1. The Balaban J connectivity index is 1.51. The number of anilines is 1. The summed E-state index contributed by atoms with van der Waals surface area (Å²) in [5, 5.41) is 4.16. The summed E-state index contributed by atoms with van der Waals surface area (Å²) in [7, 11) is 0. The molecule has 1 aliphatic heterocycles. The summed E-state index contributed by atoms with van der Waals surface area (Å²) in [6, 6.07) is 18.0. The van der Waals surface area contributed by atoms with E-state index in [4.69, 9.17) is 23.2 Å². The SMILES string of the molecule is Cc1ccc(Cl)cc1C(=O)N1CCc2cc([C@@H](C)NC(=O)c3ccc(Cl)cc3)ccc21. The summed E-state index contributed by atoms with van der Waals surface area (Å²) in [6.07, 6.45) is 0.770. The highest BCUT2D eigenvalue weighted by molar-refractivity contribution is 6.31. The van der Waals surface area contributed by atoms with Crippen LogP contribution in [-0.4, -0.2) is 18.4 Å². The van der Waals surface area contributed by atoms with E-state index in [-0.39, 0.29) is 17.9 Å². The first-order valence-electron chi connectivity index (χ1n) is 10.1. The summed E-state index contributed by atoms with van der Waals surface area (Å²) in [5.41, 5.74) is 5.08. The molecule has 6 heteroatoms. The summed E-state index contributed by atoms with van der Waals surface area (Å²) >= 11 is 12.0. The van der Waals surface area contributed by atoms with Crippen molar-refractivity contribution in [1.82, 2.24) is 5.32 Å². The van der Waals surface area contributed by atoms with Crippen LogP contribution in [0.25, 0.3) is 0 Å². The quantitative estimate of drug-likeness (QED) is 0.527. The van der Waals surface area contributed by atoms with Gasteiger partial charge in [-0.05, 0) is 79.4 Å². The van der Waals surface area contributed by atoms with E-state index in [0.717, 1.165) is 28.8 Å². The Kier molecular flexibility index (Phi) is 6.03. The topological polar surface area (TPSA) is 49.4 Å². The standard InChI is InChI=1S/C25H22Cl2N2O2/c1-15-3-7-21(27)14-22(15)25(31)29-12-11-19-13-18(6-10-23(19)29)16(2)28-24(30)17-4-8-20(26)9-5-17/h3-10,13-14,16H,11-12H2,1-2H3,(H,28,30)/t16-/m1/s1. The molecule has 0 spiro atoms. The summed E-state index contributed by atoms with van der Waals surface area (Å²) in [5.74, 6) is -0.200. The Morgan fingerprint density at radius 2 is 1.68 bits per heavy atom. The van der Waals surface area contributed by atoms with Gasteiger partial charge in [0.2, 0.25) is 0 Å². The monoisotopic (exact) mass is 452 g/mol. The molecule has 0 saturated carbocycles. The van der Waals surface area contributed by atoms with Crippen molar-refractivity contribution in [3.05, 3.63) is 98.5 Å². The Labute approximate surface area is 191 Å². The second-order valence-electron chi connectivity index (χ2n) is 7.76. The molecule has 31 heavy (non-hydrogen) atoms. The number of fused-ring (bicyclic) bond motifs is 1. The zero-order valence-electron chi connectivity index (χ0n) is 17.3. The van der Waals surface area contributed by atoms with Crippen LogP contribution in [0.4, 0.5) is 5.69 Å². The van der Waals surface area contributed by atoms with Crippen molar-refractivity contribution >= 4 is 40.7 Å². The van der Waals surface area contributed by atoms with Gasteiger partial charge in [0.1, 0.15) is 0 Å². The fourth-order valence-corrected chi connectivity index (χ4v) is 4.13. The third-order valence-electron chi connectivity index (χ3n) is 5.63. The lowest BCUT2D eigenvalue weighted by molar-refractivity contribution is 0.0938. The fourth-order valence-electron chi connectivity index (χ4n) is 3.84. The third kappa shape index (κ3) is 4.46. The lowest BCUT2D eigenvalue weighted by Gasteiger charge is -2.20. The Morgan fingerprint density at radius 1 is 0.968 bits per heavy atom. The molecule has 3 aromatic rings. The average molecular weight is 453 g/mol. The maximum Gasteiger partial charge on any atom is 0.258 e. The molecule has 0 fully saturated rings. The number of hydrogen-bond donors (Lipinski definition) is 1. The molecule has 1 aliphatic rings. The first-order chi connectivity index (χ1) is 14.8. The van der Waals surface area contributed by atoms with Crippen LogP contribution in [0.15, 0.2) is 60.7 Å². The van der Waals surface area contributed by atoms with Gasteiger partial charge in [-0.25, -0.2) is 0 Å². The molecular formula is C25H22Cl2N2O2. The van der Waals surface area contributed by atoms with Crippen LogP contribution in [0.3, 0.4) is 0 Å². The highest BCUT2D eigenvalue weighted by Crippen LogP contribution is 2.32. The smallest absolute Gasteiger partial charge is 0.258 e. The largest absolute Gasteiger partial charge is 0.346 e. The average Bonchev–Trinajstić information content (AvgIpc) is 3.18. The molecule has 0 unspecified atom stereocenters. The minimum Gasteiger partial charge on any atom is -0.346 e. The second kappa shape index (κ2) is 8.74. The zero-order valence-corrected chi connectivity index (χ0v) is 18.8. The van der Waals surface area contributed by atoms with E-state index in [1.54, 1.807) is 41.3 Å². The number of carbonyl (C=O) groups is 2. The van der Waals surface area contributed by atoms with Gasteiger partial charge in [0, 0.05) is 33.4 Å². The van der Waals surface area contributed by atoms with Crippen molar-refractivity contribution in [2.45, 2.75) is 26.3 Å². The van der Waals surface area contributed by atoms with Crippen LogP contribution in [0.5, 0.6) is 0 Å². The fraction of sp³-hybridized carbons (Fsp3) is 0.200. The second-order valence-corrected chi connectivity index (χ2v) is 8.63. The minimum absolute atomic E-state index is 0.0458. The van der Waals surface area contributed by atoms with Crippen molar-refractivity contribution in [3.63, 3.8) is 0 Å². The van der Waals surface area contributed by atoms with Gasteiger partial charge in [-0.3, -0.25) is 9.59 Å². The van der Waals surface area contributed by atoms with E-state index >= 15 is 0 Å². The lowest BCUT2D eigenvalue weighted by atomic mass is 10.0. The van der Waals surface area contributed by atoms with Crippen LogP contribution in [0, 0.1) is 6.92 Å². The van der Waals surface area contributed by atoms with E-state index in [1.165, 1.54) is 0 Å². The summed E-state index contributed by atoms with van der Waals surface area (Å²) in [6.45, 7) is 4.48. The third-order valence-corrected chi connectivity index (χ3v) is 6.12. The highest BCUT2D eigenvalue weighted by Gasteiger charge is 2.27. The maximum atomic E-state index is 13.1. The number of nitrogens with zero attached hydrogens (tertiary/aromatic N) is 1. The summed E-state index contributed by atoms with van der Waals surface area (Å²) < 4.78 is 0. The van der Waals surface area contributed by atoms with Gasteiger partial charge in [-0.1, -0.05) is 41.4 Å². The molecule has 4 rings (SSSR count). The normalized spacial score (nSPS) is 13.6. The number of hydrogen-bond acceptors (Lipinski definition) is 2. The number of benzene rings is 3. The molecule has 1 N–H and O–H groups in total. The molecule has 0 radical (unpaired) electrons. The number of nitrogens with one attached hydrogen (secondary N) is 1. The molecule has 1 heterocycles. The summed E-state index contributed by atoms with van der Waals surface area (Å²) in [4.78, 5) is 27.4. The van der Waals surface area contributed by atoms with E-state index in [9.17, 15) is 9.59 Å². The van der Waals surface area contributed by atoms with Crippen LogP contribution >= 0.6 is 23.2 Å². The van der Waals surface area contributed by atoms with E-state index in [2.05, 4.69) is 11.4 Å². The number of rotatable bonds is 4. The van der Waals surface area contributed by atoms with Gasteiger partial charge >= 0.3 is 0 Å². The predicted octanol–water partition coefficient (Wildman–Crippen LogP) is 6.00. The van der Waals surface area contributed by atoms with Crippen molar-refractivity contribution in [1.29, 1.82) is 0 Å². The van der Waals surface area contributed by atoms with Crippen molar-refractivity contribution < 1.29 is 9.59 Å². The molecule has 0 aliphatic carbocycles. The first-order valence-corrected chi connectivity index (χ1v) is 10.9. The van der Waals surface area contributed by atoms with Gasteiger partial charge in [0.15, 0.2) is 0 Å². The Morgan fingerprint density at radius 3 is 2.42 bits per heavy atom. The van der Waals surface area contributed by atoms with Crippen molar-refractivity contribution in [3.8, 4) is 0 Å². The minimum atomic E-state index is -0.173. The predicted molar refractivity (Wildman–Crippen MR) is 125 cm³/mol.